The fraction of sp³-hybridized carbons (Fsp3) is 0.556. The van der Waals surface area contributed by atoms with Crippen molar-refractivity contribution in [1.29, 1.82) is 0 Å². The fourth-order valence-electron chi connectivity index (χ4n) is 2.66. The van der Waals surface area contributed by atoms with Gasteiger partial charge in [0.25, 0.3) is 5.91 Å². The van der Waals surface area contributed by atoms with E-state index in [4.69, 9.17) is 0 Å². The Balaban J connectivity index is 3.20. The number of sulfonamides is 1. The van der Waals surface area contributed by atoms with Gasteiger partial charge in [0.1, 0.15) is 6.04 Å². The molecule has 0 fully saturated rings. The van der Waals surface area contributed by atoms with Crippen molar-refractivity contribution in [2.75, 3.05) is 13.1 Å². The summed E-state index contributed by atoms with van der Waals surface area (Å²) in [6, 6.07) is 3.35. The molecule has 0 saturated carbocycles. The summed E-state index contributed by atoms with van der Waals surface area (Å²) in [5.41, 5.74) is 0.654. The van der Waals surface area contributed by atoms with Gasteiger partial charge in [-0.05, 0) is 37.0 Å². The summed E-state index contributed by atoms with van der Waals surface area (Å²) in [6.07, 6.45) is 0.289. The van der Waals surface area contributed by atoms with Crippen LogP contribution in [0.25, 0.3) is 0 Å². The Hall–Kier alpha value is -1.93. The van der Waals surface area contributed by atoms with Crippen molar-refractivity contribution >= 4 is 21.9 Å². The van der Waals surface area contributed by atoms with E-state index in [0.29, 0.717) is 18.7 Å². The zero-order valence-electron chi connectivity index (χ0n) is 15.9. The maximum atomic E-state index is 12.8. The molecule has 0 radical (unpaired) electrons. The molecule has 7 nitrogen and oxygen atoms in total. The summed E-state index contributed by atoms with van der Waals surface area (Å²) in [6.45, 7) is 9.53. The van der Waals surface area contributed by atoms with Crippen molar-refractivity contribution < 1.29 is 23.1 Å². The third-order valence-corrected chi connectivity index (χ3v) is 6.28. The number of aliphatic carboxylic acids is 1. The number of rotatable bonds is 9. The van der Waals surface area contributed by atoms with Gasteiger partial charge in [-0.1, -0.05) is 33.8 Å². The molecule has 0 heterocycles. The van der Waals surface area contributed by atoms with Crippen molar-refractivity contribution in [3.8, 4) is 0 Å². The SMILES string of the molecule is CCN(CC)S(=O)(=O)c1cc(C(=O)N[C@H](CC(C)C)C(=O)O)ccc1C. The molecule has 1 aromatic rings. The highest BCUT2D eigenvalue weighted by atomic mass is 32.2. The molecule has 1 amide bonds. The summed E-state index contributed by atoms with van der Waals surface area (Å²) in [5.74, 6) is -1.63. The molecule has 0 unspecified atom stereocenters. The second kappa shape index (κ2) is 9.14. The average Bonchev–Trinajstić information content (AvgIpc) is 2.54. The zero-order valence-corrected chi connectivity index (χ0v) is 16.8. The van der Waals surface area contributed by atoms with Crippen LogP contribution in [0.3, 0.4) is 0 Å². The monoisotopic (exact) mass is 384 g/mol. The Bertz CT molecular complexity index is 755. The minimum Gasteiger partial charge on any atom is -0.480 e. The Morgan fingerprint density at radius 2 is 1.77 bits per heavy atom. The molecule has 2 N–H and O–H groups in total. The number of carbonyl (C=O) groups excluding carboxylic acids is 1. The smallest absolute Gasteiger partial charge is 0.326 e. The summed E-state index contributed by atoms with van der Waals surface area (Å²) in [7, 11) is -3.71. The molecule has 0 aliphatic carbocycles. The number of carbonyl (C=O) groups is 2. The van der Waals surface area contributed by atoms with Crippen molar-refractivity contribution in [2.24, 2.45) is 5.92 Å². The maximum Gasteiger partial charge on any atom is 0.326 e. The van der Waals surface area contributed by atoms with Crippen LogP contribution in [-0.2, 0) is 14.8 Å². The lowest BCUT2D eigenvalue weighted by molar-refractivity contribution is -0.139. The molecule has 26 heavy (non-hydrogen) atoms. The van der Waals surface area contributed by atoms with E-state index in [1.165, 1.54) is 16.4 Å². The number of hydrogen-bond donors (Lipinski definition) is 2. The standard InChI is InChI=1S/C18H28N2O5S/c1-6-20(7-2)26(24,25)16-11-14(9-8-13(16)5)17(21)19-15(18(22)23)10-12(3)4/h8-9,11-12,15H,6-7,10H2,1-5H3,(H,19,21)(H,22,23)/t15-/m1/s1. The average molecular weight is 384 g/mol. The van der Waals surface area contributed by atoms with Crippen LogP contribution in [0.5, 0.6) is 0 Å². The lowest BCUT2D eigenvalue weighted by atomic mass is 10.0. The highest BCUT2D eigenvalue weighted by molar-refractivity contribution is 7.89. The van der Waals surface area contributed by atoms with Gasteiger partial charge in [0.15, 0.2) is 0 Å². The van der Waals surface area contributed by atoms with Crippen molar-refractivity contribution in [3.05, 3.63) is 29.3 Å². The molecule has 1 rings (SSSR count). The largest absolute Gasteiger partial charge is 0.480 e. The van der Waals surface area contributed by atoms with Gasteiger partial charge in [0.05, 0.1) is 4.90 Å². The molecule has 146 valence electrons. The predicted molar refractivity (Wildman–Crippen MR) is 99.6 cm³/mol. The molecule has 1 atom stereocenters. The first-order valence-corrected chi connectivity index (χ1v) is 10.1. The van der Waals surface area contributed by atoms with Gasteiger partial charge in [-0.3, -0.25) is 4.79 Å². The van der Waals surface area contributed by atoms with Crippen LogP contribution in [0.2, 0.25) is 0 Å². The number of nitrogens with one attached hydrogen (secondary N) is 1. The van der Waals surface area contributed by atoms with Gasteiger partial charge in [-0.25, -0.2) is 13.2 Å². The number of carboxylic acids is 1. The Morgan fingerprint density at radius 3 is 2.23 bits per heavy atom. The highest BCUT2D eigenvalue weighted by Crippen LogP contribution is 2.21. The number of hydrogen-bond acceptors (Lipinski definition) is 4. The number of carboxylic acid groups (broad SMARTS) is 1. The molecule has 8 heteroatoms. The Morgan fingerprint density at radius 1 is 1.19 bits per heavy atom. The second-order valence-electron chi connectivity index (χ2n) is 6.56. The summed E-state index contributed by atoms with van der Waals surface area (Å²) in [4.78, 5) is 23.8. The minimum absolute atomic E-state index is 0.0598. The number of benzene rings is 1. The molecule has 0 aromatic heterocycles. The van der Waals surface area contributed by atoms with E-state index >= 15 is 0 Å². The van der Waals surface area contributed by atoms with Gasteiger partial charge in [0.2, 0.25) is 10.0 Å². The van der Waals surface area contributed by atoms with Gasteiger partial charge in [-0.2, -0.15) is 4.31 Å². The lowest BCUT2D eigenvalue weighted by Crippen LogP contribution is -2.41. The Kier molecular flexibility index (Phi) is 7.77. The van der Waals surface area contributed by atoms with E-state index in [2.05, 4.69) is 5.32 Å². The quantitative estimate of drug-likeness (QED) is 0.680. The molecule has 0 aliphatic heterocycles. The van der Waals surface area contributed by atoms with E-state index in [1.54, 1.807) is 26.8 Å². The zero-order chi connectivity index (χ0) is 20.1. The number of nitrogens with zero attached hydrogens (tertiary/aromatic N) is 1. The lowest BCUT2D eigenvalue weighted by Gasteiger charge is -2.21. The molecular formula is C18H28N2O5S. The summed E-state index contributed by atoms with van der Waals surface area (Å²) >= 11 is 0. The third kappa shape index (κ3) is 5.28. The summed E-state index contributed by atoms with van der Waals surface area (Å²) < 4.78 is 26.8. The number of amides is 1. The predicted octanol–water partition coefficient (Wildman–Crippen LogP) is 2.25. The van der Waals surface area contributed by atoms with Gasteiger partial charge in [0, 0.05) is 18.7 Å². The van der Waals surface area contributed by atoms with Crippen LogP contribution in [0.4, 0.5) is 0 Å². The molecule has 0 aliphatic rings. The van der Waals surface area contributed by atoms with Crippen LogP contribution in [-0.4, -0.2) is 48.8 Å². The Labute approximate surface area is 155 Å². The molecule has 1 aromatic carbocycles. The van der Waals surface area contributed by atoms with Gasteiger partial charge < -0.3 is 10.4 Å². The van der Waals surface area contributed by atoms with Crippen LogP contribution in [0.15, 0.2) is 23.1 Å². The van der Waals surface area contributed by atoms with Crippen LogP contribution < -0.4 is 5.32 Å². The molecule has 0 bridgehead atoms. The van der Waals surface area contributed by atoms with E-state index in [-0.39, 0.29) is 22.8 Å². The summed E-state index contributed by atoms with van der Waals surface area (Å²) in [5, 5.41) is 11.7. The van der Waals surface area contributed by atoms with Crippen LogP contribution in [0, 0.1) is 12.8 Å². The third-order valence-electron chi connectivity index (χ3n) is 4.08. The second-order valence-corrected chi connectivity index (χ2v) is 8.47. The minimum atomic E-state index is -3.71. The van der Waals surface area contributed by atoms with Gasteiger partial charge in [-0.15, -0.1) is 0 Å². The van der Waals surface area contributed by atoms with Crippen molar-refractivity contribution in [3.63, 3.8) is 0 Å². The van der Waals surface area contributed by atoms with E-state index in [0.717, 1.165) is 0 Å². The first-order valence-electron chi connectivity index (χ1n) is 8.69. The first kappa shape index (κ1) is 22.1. The van der Waals surface area contributed by atoms with Crippen molar-refractivity contribution in [2.45, 2.75) is 52.0 Å². The fourth-order valence-corrected chi connectivity index (χ4v) is 4.37. The molecule has 0 saturated heterocycles. The van der Waals surface area contributed by atoms with Crippen LogP contribution in [0.1, 0.15) is 50.0 Å². The highest BCUT2D eigenvalue weighted by Gasteiger charge is 2.26. The van der Waals surface area contributed by atoms with Gasteiger partial charge >= 0.3 is 5.97 Å². The van der Waals surface area contributed by atoms with E-state index < -0.39 is 27.9 Å². The molecular weight excluding hydrogens is 356 g/mol. The first-order chi connectivity index (χ1) is 12.0. The normalized spacial score (nSPS) is 13.0. The van der Waals surface area contributed by atoms with Crippen LogP contribution >= 0.6 is 0 Å². The van der Waals surface area contributed by atoms with E-state index in [1.807, 2.05) is 13.8 Å². The van der Waals surface area contributed by atoms with E-state index in [9.17, 15) is 23.1 Å². The number of aryl methyl sites for hydroxylation is 1. The maximum absolute atomic E-state index is 12.8. The van der Waals surface area contributed by atoms with Crippen molar-refractivity contribution in [1.82, 2.24) is 9.62 Å². The molecule has 0 spiro atoms. The topological polar surface area (TPSA) is 104 Å².